The van der Waals surface area contributed by atoms with E-state index in [0.717, 1.165) is 35.4 Å². The number of aryl methyl sites for hydroxylation is 1. The second kappa shape index (κ2) is 13.2. The molecule has 2 N–H and O–H groups in total. The number of aromatic nitrogens is 3. The van der Waals surface area contributed by atoms with Crippen molar-refractivity contribution in [3.63, 3.8) is 0 Å². The fourth-order valence-corrected chi connectivity index (χ4v) is 5.73. The molecule has 0 spiro atoms. The number of hydrogen-bond acceptors (Lipinski definition) is 8. The maximum atomic E-state index is 13.7. The van der Waals surface area contributed by atoms with Gasteiger partial charge in [-0.25, -0.2) is 4.68 Å². The highest BCUT2D eigenvalue weighted by molar-refractivity contribution is 7.99. The molecule has 41 heavy (non-hydrogen) atoms. The minimum absolute atomic E-state index is 0.0403. The minimum Gasteiger partial charge on any atom is -0.484 e. The number of fused-ring (bicyclic) bond motifs is 1. The molecule has 2 aliphatic rings. The third-order valence-electron chi connectivity index (χ3n) is 7.00. The zero-order valence-corrected chi connectivity index (χ0v) is 24.5. The number of nitrogens with zero attached hydrogens (tertiary/aromatic N) is 4. The van der Waals surface area contributed by atoms with Gasteiger partial charge in [0.15, 0.2) is 6.61 Å². The Bertz CT molecular complexity index is 1410. The lowest BCUT2D eigenvalue weighted by molar-refractivity contribution is -0.137. The van der Waals surface area contributed by atoms with Crippen molar-refractivity contribution in [3.8, 4) is 5.75 Å². The molecule has 216 valence electrons. The molecule has 5 rings (SSSR count). The molecule has 1 fully saturated rings. The number of ether oxygens (including phenoxy) is 2. The van der Waals surface area contributed by atoms with Crippen LogP contribution in [0.5, 0.6) is 5.75 Å². The lowest BCUT2D eigenvalue weighted by Gasteiger charge is -2.29. The third-order valence-corrected chi connectivity index (χ3v) is 7.93. The molecule has 2 aliphatic heterocycles. The Labute approximate surface area is 244 Å². The Morgan fingerprint density at radius 2 is 1.93 bits per heavy atom. The summed E-state index contributed by atoms with van der Waals surface area (Å²) in [7, 11) is 0. The van der Waals surface area contributed by atoms with Gasteiger partial charge < -0.3 is 25.0 Å². The highest BCUT2D eigenvalue weighted by Crippen LogP contribution is 2.37. The van der Waals surface area contributed by atoms with Crippen molar-refractivity contribution in [2.45, 2.75) is 44.8 Å². The maximum Gasteiger partial charge on any atom is 0.260 e. The predicted octanol–water partition coefficient (Wildman–Crippen LogP) is 4.64. The van der Waals surface area contributed by atoms with Crippen LogP contribution < -0.4 is 15.4 Å². The summed E-state index contributed by atoms with van der Waals surface area (Å²) < 4.78 is 12.9. The van der Waals surface area contributed by atoms with Gasteiger partial charge >= 0.3 is 0 Å². The number of amides is 2. The van der Waals surface area contributed by atoms with Crippen LogP contribution in [0.1, 0.15) is 43.9 Å². The molecular weight excluding hydrogens is 540 g/mol. The number of benzene rings is 2. The summed E-state index contributed by atoms with van der Waals surface area (Å²) in [5, 5.41) is 11.8. The second-order valence-corrected chi connectivity index (χ2v) is 11.2. The zero-order valence-electron chi connectivity index (χ0n) is 23.7. The van der Waals surface area contributed by atoms with Gasteiger partial charge in [-0.05, 0) is 55.7 Å². The summed E-state index contributed by atoms with van der Waals surface area (Å²) in [6, 6.07) is 14.7. The summed E-state index contributed by atoms with van der Waals surface area (Å²) in [5.41, 5.74) is 3.89. The summed E-state index contributed by atoms with van der Waals surface area (Å²) in [6.07, 6.45) is 2.17. The lowest BCUT2D eigenvalue weighted by atomic mass is 9.95. The van der Waals surface area contributed by atoms with Crippen LogP contribution in [0, 0.1) is 6.92 Å². The average Bonchev–Trinajstić information content (AvgIpc) is 3.38. The Balaban J connectivity index is 1.40. The van der Waals surface area contributed by atoms with Gasteiger partial charge in [0.25, 0.3) is 11.8 Å². The van der Waals surface area contributed by atoms with Crippen LogP contribution in [0.2, 0.25) is 0 Å². The number of thioether (sulfide) groups is 1. The van der Waals surface area contributed by atoms with E-state index in [9.17, 15) is 9.59 Å². The van der Waals surface area contributed by atoms with Crippen molar-refractivity contribution < 1.29 is 19.1 Å². The van der Waals surface area contributed by atoms with E-state index < -0.39 is 6.04 Å². The number of hydrogen-bond donors (Lipinski definition) is 2. The molecule has 1 atom stereocenters. The molecule has 2 amide bonds. The van der Waals surface area contributed by atoms with E-state index in [4.69, 9.17) is 19.6 Å². The molecular formula is C30H36N6O4S. The van der Waals surface area contributed by atoms with Crippen LogP contribution in [0.3, 0.4) is 0 Å². The smallest absolute Gasteiger partial charge is 0.260 e. The van der Waals surface area contributed by atoms with Crippen LogP contribution in [-0.2, 0) is 14.3 Å². The predicted molar refractivity (Wildman–Crippen MR) is 159 cm³/mol. The van der Waals surface area contributed by atoms with Crippen LogP contribution in [0.4, 0.5) is 11.6 Å². The lowest BCUT2D eigenvalue weighted by Crippen LogP contribution is -2.42. The van der Waals surface area contributed by atoms with E-state index in [1.165, 1.54) is 0 Å². The normalized spacial score (nSPS) is 16.7. The van der Waals surface area contributed by atoms with Crippen LogP contribution in [-0.4, -0.2) is 70.1 Å². The second-order valence-electron chi connectivity index (χ2n) is 10.1. The van der Waals surface area contributed by atoms with Gasteiger partial charge in [0, 0.05) is 30.2 Å². The number of allylic oxidation sites excluding steroid dienone is 1. The van der Waals surface area contributed by atoms with E-state index in [0.29, 0.717) is 54.4 Å². The number of anilines is 2. The van der Waals surface area contributed by atoms with Crippen molar-refractivity contribution >= 4 is 35.2 Å². The Morgan fingerprint density at radius 1 is 1.15 bits per heavy atom. The molecule has 1 unspecified atom stereocenters. The first-order chi connectivity index (χ1) is 19.9. The number of morpholine rings is 1. The van der Waals surface area contributed by atoms with E-state index in [1.807, 2.05) is 62.4 Å². The number of unbranched alkanes of at least 4 members (excludes halogenated alkanes) is 1. The quantitative estimate of drug-likeness (QED) is 0.265. The van der Waals surface area contributed by atoms with Gasteiger partial charge in [-0.2, -0.15) is 4.98 Å². The number of carbonyl (C=O) groups excluding carboxylic acids is 2. The third kappa shape index (κ3) is 6.91. The van der Waals surface area contributed by atoms with E-state index >= 15 is 0 Å². The first-order valence-electron chi connectivity index (χ1n) is 14.0. The van der Waals surface area contributed by atoms with E-state index in [-0.39, 0.29) is 18.4 Å². The molecule has 0 bridgehead atoms. The molecule has 2 aromatic carbocycles. The molecule has 3 aromatic rings. The van der Waals surface area contributed by atoms with E-state index in [1.54, 1.807) is 21.3 Å². The molecule has 1 aromatic heterocycles. The molecule has 0 saturated carbocycles. The van der Waals surface area contributed by atoms with Gasteiger partial charge in [-0.1, -0.05) is 49.4 Å². The molecule has 11 heteroatoms. The molecule has 0 radical (unpaired) electrons. The van der Waals surface area contributed by atoms with Crippen LogP contribution in [0.15, 0.2) is 65.0 Å². The molecule has 1 saturated heterocycles. The molecule has 0 aliphatic carbocycles. The largest absolute Gasteiger partial charge is 0.484 e. The fourth-order valence-electron chi connectivity index (χ4n) is 4.82. The van der Waals surface area contributed by atoms with Gasteiger partial charge in [-0.3, -0.25) is 9.59 Å². The Kier molecular flexibility index (Phi) is 9.25. The van der Waals surface area contributed by atoms with Gasteiger partial charge in [0.2, 0.25) is 11.1 Å². The van der Waals surface area contributed by atoms with Crippen LogP contribution in [0.25, 0.3) is 0 Å². The Hall–Kier alpha value is -3.83. The average molecular weight is 577 g/mol. The van der Waals surface area contributed by atoms with Gasteiger partial charge in [0.05, 0.1) is 18.8 Å². The summed E-state index contributed by atoms with van der Waals surface area (Å²) in [6.45, 7) is 8.24. The molecule has 10 nitrogen and oxygen atoms in total. The standard InChI is InChI=1S/C30H36N6O4S/c1-4-5-17-41-30-33-29-31-21(3)26(28(38)32-23-8-6-7-20(2)18-23)27(36(29)34-30)22-9-11-24(12-10-22)40-19-25(37)35-13-15-39-16-14-35/h6-12,18,27H,4-5,13-17,19H2,1-3H3,(H,32,38)(H,31,33,34). The Morgan fingerprint density at radius 3 is 2.66 bits per heavy atom. The van der Waals surface area contributed by atoms with Crippen molar-refractivity contribution in [1.29, 1.82) is 0 Å². The number of rotatable bonds is 10. The van der Waals surface area contributed by atoms with Crippen molar-refractivity contribution in [2.75, 3.05) is 49.3 Å². The van der Waals surface area contributed by atoms with Gasteiger partial charge in [0.1, 0.15) is 11.8 Å². The number of nitrogens with one attached hydrogen (secondary N) is 2. The zero-order chi connectivity index (χ0) is 28.8. The number of carbonyl (C=O) groups is 2. The monoisotopic (exact) mass is 576 g/mol. The highest BCUT2D eigenvalue weighted by atomic mass is 32.2. The minimum atomic E-state index is -0.506. The van der Waals surface area contributed by atoms with Gasteiger partial charge in [-0.15, -0.1) is 5.10 Å². The maximum absolute atomic E-state index is 13.7. The fraction of sp³-hybridized carbons (Fsp3) is 0.400. The summed E-state index contributed by atoms with van der Waals surface area (Å²) in [4.78, 5) is 32.7. The van der Waals surface area contributed by atoms with Crippen molar-refractivity contribution in [2.24, 2.45) is 0 Å². The summed E-state index contributed by atoms with van der Waals surface area (Å²) in [5.74, 6) is 1.81. The van der Waals surface area contributed by atoms with E-state index in [2.05, 4.69) is 17.6 Å². The highest BCUT2D eigenvalue weighted by Gasteiger charge is 2.34. The molecule has 3 heterocycles. The topological polar surface area (TPSA) is 111 Å². The van der Waals surface area contributed by atoms with Crippen molar-refractivity contribution in [3.05, 3.63) is 70.9 Å². The summed E-state index contributed by atoms with van der Waals surface area (Å²) >= 11 is 1.61. The van der Waals surface area contributed by atoms with Crippen LogP contribution >= 0.6 is 11.8 Å². The van der Waals surface area contributed by atoms with Crippen molar-refractivity contribution in [1.82, 2.24) is 19.7 Å². The SMILES string of the molecule is CCCCSc1nc2n(n1)C(c1ccc(OCC(=O)N3CCOCC3)cc1)C(C(=O)Nc1cccc(C)c1)=C(C)N2. The first kappa shape index (κ1) is 28.7. The first-order valence-corrected chi connectivity index (χ1v) is 14.9.